The van der Waals surface area contributed by atoms with Gasteiger partial charge in [0, 0.05) is 5.57 Å². The Morgan fingerprint density at radius 1 is 0.703 bits per heavy atom. The maximum Gasteiger partial charge on any atom is 0.255 e. The Morgan fingerprint density at radius 3 is 1.68 bits per heavy atom. The first-order valence-corrected chi connectivity index (χ1v) is 13.3. The van der Waals surface area contributed by atoms with Gasteiger partial charge in [-0.25, -0.2) is 8.42 Å². The van der Waals surface area contributed by atoms with E-state index in [1.807, 2.05) is 91.0 Å². The third kappa shape index (κ3) is 5.43. The third-order valence-corrected chi connectivity index (χ3v) is 7.49. The van der Waals surface area contributed by atoms with Crippen molar-refractivity contribution >= 4 is 15.6 Å². The van der Waals surface area contributed by atoms with Crippen molar-refractivity contribution in [2.45, 2.75) is 16.9 Å². The SMILES string of the molecule is C=C(c1nc(C(c2ccccc2)c2ccccc2)no1)[C@@H](NS(=O)(=O)c1ccccc1)c1ccccc1. The van der Waals surface area contributed by atoms with Crippen LogP contribution in [0.4, 0.5) is 0 Å². The Bertz CT molecular complexity index is 1530. The molecule has 0 saturated carbocycles. The van der Waals surface area contributed by atoms with Crippen molar-refractivity contribution < 1.29 is 12.9 Å². The number of rotatable bonds is 9. The normalized spacial score (nSPS) is 12.4. The van der Waals surface area contributed by atoms with E-state index in [0.29, 0.717) is 17.0 Å². The monoisotopic (exact) mass is 507 g/mol. The lowest BCUT2D eigenvalue weighted by Crippen LogP contribution is -2.29. The van der Waals surface area contributed by atoms with Gasteiger partial charge in [0.1, 0.15) is 0 Å². The molecule has 1 atom stereocenters. The zero-order valence-electron chi connectivity index (χ0n) is 19.9. The van der Waals surface area contributed by atoms with Gasteiger partial charge in [-0.15, -0.1) is 0 Å². The summed E-state index contributed by atoms with van der Waals surface area (Å²) in [5.74, 6) is 0.367. The molecule has 4 aromatic carbocycles. The minimum atomic E-state index is -3.86. The second-order valence-electron chi connectivity index (χ2n) is 8.52. The molecule has 6 nitrogen and oxygen atoms in total. The van der Waals surface area contributed by atoms with E-state index in [0.717, 1.165) is 11.1 Å². The number of benzene rings is 4. The molecule has 0 aliphatic heterocycles. The zero-order chi connectivity index (χ0) is 25.7. The summed E-state index contributed by atoms with van der Waals surface area (Å²) in [4.78, 5) is 4.86. The van der Waals surface area contributed by atoms with E-state index in [2.05, 4.69) is 16.5 Å². The highest BCUT2D eigenvalue weighted by atomic mass is 32.2. The van der Waals surface area contributed by atoms with Gasteiger partial charge in [-0.2, -0.15) is 9.71 Å². The summed E-state index contributed by atoms with van der Waals surface area (Å²) in [5, 5.41) is 4.30. The van der Waals surface area contributed by atoms with E-state index in [1.165, 1.54) is 0 Å². The lowest BCUT2D eigenvalue weighted by Gasteiger charge is -2.20. The fourth-order valence-corrected chi connectivity index (χ4v) is 5.44. The Balaban J connectivity index is 1.52. The average Bonchev–Trinajstić information content (AvgIpc) is 3.43. The smallest absolute Gasteiger partial charge is 0.255 e. The second-order valence-corrected chi connectivity index (χ2v) is 10.2. The summed E-state index contributed by atoms with van der Waals surface area (Å²) >= 11 is 0. The molecule has 0 fully saturated rings. The molecule has 5 aromatic rings. The van der Waals surface area contributed by atoms with E-state index in [-0.39, 0.29) is 16.7 Å². The second kappa shape index (κ2) is 10.7. The summed E-state index contributed by atoms with van der Waals surface area (Å²) in [6, 6.07) is 36.5. The summed E-state index contributed by atoms with van der Waals surface area (Å²) in [6.07, 6.45) is 0. The van der Waals surface area contributed by atoms with Crippen molar-refractivity contribution in [2.24, 2.45) is 0 Å². The van der Waals surface area contributed by atoms with Gasteiger partial charge in [-0.3, -0.25) is 0 Å². The van der Waals surface area contributed by atoms with Gasteiger partial charge >= 0.3 is 0 Å². The van der Waals surface area contributed by atoms with E-state index in [1.54, 1.807) is 30.3 Å². The molecule has 0 aliphatic rings. The molecule has 184 valence electrons. The first kappa shape index (κ1) is 24.4. The molecule has 1 aromatic heterocycles. The van der Waals surface area contributed by atoms with Crippen LogP contribution in [0, 0.1) is 0 Å². The first-order chi connectivity index (χ1) is 18.0. The Morgan fingerprint density at radius 2 is 1.16 bits per heavy atom. The number of nitrogens with zero attached hydrogens (tertiary/aromatic N) is 2. The maximum atomic E-state index is 13.2. The van der Waals surface area contributed by atoms with Crippen LogP contribution in [0.25, 0.3) is 5.57 Å². The van der Waals surface area contributed by atoms with Gasteiger partial charge in [0.15, 0.2) is 5.82 Å². The fraction of sp³-hybridized carbons (Fsp3) is 0.0667. The van der Waals surface area contributed by atoms with Crippen molar-refractivity contribution in [1.82, 2.24) is 14.9 Å². The Kier molecular flexibility index (Phi) is 7.07. The van der Waals surface area contributed by atoms with Crippen LogP contribution in [-0.2, 0) is 10.0 Å². The molecule has 0 amide bonds. The lowest BCUT2D eigenvalue weighted by molar-refractivity contribution is 0.396. The molecular weight excluding hydrogens is 482 g/mol. The van der Waals surface area contributed by atoms with Crippen LogP contribution in [0.3, 0.4) is 0 Å². The maximum absolute atomic E-state index is 13.2. The van der Waals surface area contributed by atoms with Crippen LogP contribution in [0.15, 0.2) is 137 Å². The predicted molar refractivity (Wildman–Crippen MR) is 143 cm³/mol. The summed E-state index contributed by atoms with van der Waals surface area (Å²) in [7, 11) is -3.86. The van der Waals surface area contributed by atoms with E-state index >= 15 is 0 Å². The van der Waals surface area contributed by atoms with Crippen LogP contribution in [-0.4, -0.2) is 18.6 Å². The molecule has 0 radical (unpaired) electrons. The van der Waals surface area contributed by atoms with Crippen molar-refractivity contribution in [3.8, 4) is 0 Å². The van der Waals surface area contributed by atoms with Crippen molar-refractivity contribution in [3.05, 3.63) is 156 Å². The number of hydrogen-bond acceptors (Lipinski definition) is 5. The predicted octanol–water partition coefficient (Wildman–Crippen LogP) is 5.98. The lowest BCUT2D eigenvalue weighted by atomic mass is 9.91. The van der Waals surface area contributed by atoms with Crippen LogP contribution in [0.5, 0.6) is 0 Å². The highest BCUT2D eigenvalue weighted by Gasteiger charge is 2.29. The van der Waals surface area contributed by atoms with E-state index in [4.69, 9.17) is 9.51 Å². The van der Waals surface area contributed by atoms with Crippen molar-refractivity contribution in [3.63, 3.8) is 0 Å². The first-order valence-electron chi connectivity index (χ1n) is 11.8. The molecule has 1 N–H and O–H groups in total. The molecule has 7 heteroatoms. The largest absolute Gasteiger partial charge is 0.334 e. The van der Waals surface area contributed by atoms with Gasteiger partial charge in [0.2, 0.25) is 10.0 Å². The highest BCUT2D eigenvalue weighted by Crippen LogP contribution is 2.33. The van der Waals surface area contributed by atoms with Crippen LogP contribution in [0.2, 0.25) is 0 Å². The fourth-order valence-electron chi connectivity index (χ4n) is 4.20. The van der Waals surface area contributed by atoms with Gasteiger partial charge < -0.3 is 4.52 Å². The number of nitrogens with one attached hydrogen (secondary N) is 1. The molecule has 37 heavy (non-hydrogen) atoms. The Labute approximate surface area is 216 Å². The van der Waals surface area contributed by atoms with Crippen LogP contribution >= 0.6 is 0 Å². The third-order valence-electron chi connectivity index (χ3n) is 6.05. The quantitative estimate of drug-likeness (QED) is 0.265. The standard InChI is InChI=1S/C30H25N3O3S/c1-22(28(25-18-10-4-11-19-25)33-37(34,35)26-20-12-5-13-21-26)30-31-29(32-36-30)27(23-14-6-2-7-15-23)24-16-8-3-9-17-24/h2-21,27-28,33H,1H2/t28-/m1/s1. The van der Waals surface area contributed by atoms with Gasteiger partial charge in [-0.1, -0.05) is 121 Å². The summed E-state index contributed by atoms with van der Waals surface area (Å²) in [5.41, 5.74) is 3.07. The average molecular weight is 508 g/mol. The van der Waals surface area contributed by atoms with Crippen LogP contribution in [0.1, 0.15) is 40.4 Å². The molecule has 5 rings (SSSR count). The molecule has 0 bridgehead atoms. The van der Waals surface area contributed by atoms with Crippen molar-refractivity contribution in [1.29, 1.82) is 0 Å². The molecule has 0 saturated heterocycles. The minimum absolute atomic E-state index is 0.156. The van der Waals surface area contributed by atoms with E-state index < -0.39 is 16.1 Å². The molecule has 0 aliphatic carbocycles. The molecule has 1 heterocycles. The highest BCUT2D eigenvalue weighted by molar-refractivity contribution is 7.89. The molecular formula is C30H25N3O3S. The zero-order valence-corrected chi connectivity index (χ0v) is 20.8. The van der Waals surface area contributed by atoms with E-state index in [9.17, 15) is 8.42 Å². The Hall–Kier alpha value is -4.33. The number of sulfonamides is 1. The minimum Gasteiger partial charge on any atom is -0.334 e. The topological polar surface area (TPSA) is 85.1 Å². The van der Waals surface area contributed by atoms with Crippen LogP contribution < -0.4 is 4.72 Å². The van der Waals surface area contributed by atoms with Crippen molar-refractivity contribution in [2.75, 3.05) is 0 Å². The molecule has 0 unspecified atom stereocenters. The van der Waals surface area contributed by atoms with Gasteiger partial charge in [0.05, 0.1) is 16.9 Å². The molecule has 0 spiro atoms. The number of hydrogen-bond donors (Lipinski definition) is 1. The van der Waals surface area contributed by atoms with Gasteiger partial charge in [0.25, 0.3) is 5.89 Å². The van der Waals surface area contributed by atoms with Gasteiger partial charge in [-0.05, 0) is 28.8 Å². The summed E-state index contributed by atoms with van der Waals surface area (Å²) in [6.45, 7) is 4.17. The number of aromatic nitrogens is 2. The summed E-state index contributed by atoms with van der Waals surface area (Å²) < 4.78 is 34.9.